The lowest BCUT2D eigenvalue weighted by Crippen LogP contribution is -1.97. The van der Waals surface area contributed by atoms with Crippen molar-refractivity contribution in [2.45, 2.75) is 24.7 Å². The van der Waals surface area contributed by atoms with E-state index in [0.29, 0.717) is 0 Å². The van der Waals surface area contributed by atoms with Gasteiger partial charge >= 0.3 is 5.97 Å². The normalized spacial score (nSPS) is 13.2. The molecule has 0 aliphatic carbocycles. The minimum atomic E-state index is -3.82. The number of hydrogen-bond donors (Lipinski definition) is 1. The van der Waals surface area contributed by atoms with E-state index in [1.165, 1.54) is 12.1 Å². The van der Waals surface area contributed by atoms with Crippen molar-refractivity contribution in [2.75, 3.05) is 0 Å². The molecule has 0 saturated heterocycles. The van der Waals surface area contributed by atoms with Gasteiger partial charge in [0.15, 0.2) is 9.84 Å². The molecule has 0 saturated carbocycles. The van der Waals surface area contributed by atoms with E-state index in [1.807, 2.05) is 6.92 Å². The van der Waals surface area contributed by atoms with Gasteiger partial charge in [0, 0.05) is 11.8 Å². The van der Waals surface area contributed by atoms with Gasteiger partial charge in [0.2, 0.25) is 0 Å². The molecule has 92 valence electrons. The first-order chi connectivity index (χ1) is 8.34. The number of carboxylic acid groups (broad SMARTS) is 1. The van der Waals surface area contributed by atoms with Gasteiger partial charge in [-0.3, -0.25) is 4.79 Å². The van der Waals surface area contributed by atoms with Crippen molar-refractivity contribution in [1.29, 1.82) is 0 Å². The van der Waals surface area contributed by atoms with E-state index in [0.717, 1.165) is 11.6 Å². The molecule has 0 aromatic heterocycles. The SMILES string of the molecule is [2H]/C(=C\CCC(=O)O)S(=O)(=O)c1ccc(C)cc1. The summed E-state index contributed by atoms with van der Waals surface area (Å²) in [6.45, 7) is 1.83. The molecule has 17 heavy (non-hydrogen) atoms. The zero-order valence-electron chi connectivity index (χ0n) is 10.4. The molecule has 0 radical (unpaired) electrons. The highest BCUT2D eigenvalue weighted by Crippen LogP contribution is 2.13. The minimum Gasteiger partial charge on any atom is -0.481 e. The second-order valence-electron chi connectivity index (χ2n) is 3.57. The fourth-order valence-corrected chi connectivity index (χ4v) is 2.12. The van der Waals surface area contributed by atoms with E-state index < -0.39 is 21.2 Å². The summed E-state index contributed by atoms with van der Waals surface area (Å²) in [5.74, 6) is -1.02. The number of sulfone groups is 1. The average molecular weight is 255 g/mol. The monoisotopic (exact) mass is 255 g/mol. The molecule has 1 aromatic rings. The van der Waals surface area contributed by atoms with Crippen LogP contribution < -0.4 is 0 Å². The Balaban J connectivity index is 2.92. The summed E-state index contributed by atoms with van der Waals surface area (Å²) < 4.78 is 31.3. The maximum Gasteiger partial charge on any atom is 0.303 e. The van der Waals surface area contributed by atoms with E-state index in [4.69, 9.17) is 6.48 Å². The van der Waals surface area contributed by atoms with Crippen LogP contribution in [0.3, 0.4) is 0 Å². The largest absolute Gasteiger partial charge is 0.481 e. The predicted molar refractivity (Wildman–Crippen MR) is 64.4 cm³/mol. The lowest BCUT2D eigenvalue weighted by atomic mass is 10.2. The second-order valence-corrected chi connectivity index (χ2v) is 5.28. The predicted octanol–water partition coefficient (Wildman–Crippen LogP) is 2.15. The molecule has 0 spiro atoms. The highest BCUT2D eigenvalue weighted by molar-refractivity contribution is 7.94. The Morgan fingerprint density at radius 3 is 2.53 bits per heavy atom. The highest BCUT2D eigenvalue weighted by atomic mass is 32.2. The third-order valence-electron chi connectivity index (χ3n) is 2.07. The number of aryl methyl sites for hydroxylation is 1. The van der Waals surface area contributed by atoms with Crippen LogP contribution in [-0.4, -0.2) is 19.5 Å². The van der Waals surface area contributed by atoms with E-state index in [9.17, 15) is 13.2 Å². The number of carboxylic acids is 1. The molecule has 0 bridgehead atoms. The van der Waals surface area contributed by atoms with Crippen LogP contribution in [0.25, 0.3) is 0 Å². The standard InChI is InChI=1S/C12H14O4S/c1-10-5-7-11(8-6-10)17(15,16)9-3-2-4-12(13)14/h3,5-9H,2,4H2,1H3,(H,13,14)/b9-3+/i9D. The van der Waals surface area contributed by atoms with E-state index in [-0.39, 0.29) is 17.7 Å². The molecule has 0 atom stereocenters. The van der Waals surface area contributed by atoms with Gasteiger partial charge < -0.3 is 5.11 Å². The molecule has 0 unspecified atom stereocenters. The molecule has 0 heterocycles. The first-order valence-electron chi connectivity index (χ1n) is 5.54. The van der Waals surface area contributed by atoms with Gasteiger partial charge in [0.05, 0.1) is 6.27 Å². The Labute approximate surface area is 102 Å². The van der Waals surface area contributed by atoms with Gasteiger partial charge in [0.25, 0.3) is 0 Å². The van der Waals surface area contributed by atoms with Gasteiger partial charge in [-0.05, 0) is 25.5 Å². The maximum absolute atomic E-state index is 11.9. The van der Waals surface area contributed by atoms with Crippen LogP contribution in [0.15, 0.2) is 40.6 Å². The van der Waals surface area contributed by atoms with E-state index in [1.54, 1.807) is 12.1 Å². The number of benzene rings is 1. The molecule has 1 aromatic carbocycles. The number of aliphatic carboxylic acids is 1. The Morgan fingerprint density at radius 2 is 2.00 bits per heavy atom. The lowest BCUT2D eigenvalue weighted by Gasteiger charge is -1.99. The first kappa shape index (κ1) is 11.9. The van der Waals surface area contributed by atoms with Crippen LogP contribution in [0.2, 0.25) is 0 Å². The fourth-order valence-electron chi connectivity index (χ4n) is 1.15. The molecule has 0 amide bonds. The van der Waals surface area contributed by atoms with Gasteiger partial charge in [-0.15, -0.1) is 0 Å². The van der Waals surface area contributed by atoms with E-state index >= 15 is 0 Å². The summed E-state index contributed by atoms with van der Waals surface area (Å²) in [4.78, 5) is 10.3. The molecule has 1 rings (SSSR count). The van der Waals surface area contributed by atoms with Crippen LogP contribution in [0, 0.1) is 6.92 Å². The van der Waals surface area contributed by atoms with Crippen molar-refractivity contribution in [3.63, 3.8) is 0 Å². The van der Waals surface area contributed by atoms with Crippen molar-refractivity contribution >= 4 is 15.8 Å². The van der Waals surface area contributed by atoms with E-state index in [2.05, 4.69) is 0 Å². The van der Waals surface area contributed by atoms with Crippen LogP contribution in [0.5, 0.6) is 0 Å². The number of carbonyl (C=O) groups is 1. The van der Waals surface area contributed by atoms with Gasteiger partial charge in [-0.25, -0.2) is 8.42 Å². The lowest BCUT2D eigenvalue weighted by molar-refractivity contribution is -0.136. The number of allylic oxidation sites excluding steroid dienone is 1. The topological polar surface area (TPSA) is 71.4 Å². The maximum atomic E-state index is 11.9. The van der Waals surface area contributed by atoms with Crippen molar-refractivity contribution in [3.8, 4) is 0 Å². The fraction of sp³-hybridized carbons (Fsp3) is 0.250. The second kappa shape index (κ2) is 5.63. The third kappa shape index (κ3) is 4.40. The first-order valence-corrected chi connectivity index (χ1v) is 6.52. The molecular formula is C12H14O4S. The van der Waals surface area contributed by atoms with Gasteiger partial charge in [-0.1, -0.05) is 23.8 Å². The molecule has 5 heteroatoms. The number of rotatable bonds is 5. The van der Waals surface area contributed by atoms with Crippen LogP contribution in [0.4, 0.5) is 0 Å². The summed E-state index contributed by atoms with van der Waals surface area (Å²) in [6.07, 6.45) is 0.953. The number of hydrogen-bond acceptors (Lipinski definition) is 3. The zero-order valence-corrected chi connectivity index (χ0v) is 10.2. The molecule has 0 fully saturated rings. The van der Waals surface area contributed by atoms with Crippen LogP contribution in [0.1, 0.15) is 19.8 Å². The molecule has 0 aliphatic rings. The van der Waals surface area contributed by atoms with Crippen LogP contribution >= 0.6 is 0 Å². The molecule has 1 N–H and O–H groups in total. The summed E-state index contributed by atoms with van der Waals surface area (Å²) in [7, 11) is -3.82. The highest BCUT2D eigenvalue weighted by Gasteiger charge is 2.09. The smallest absolute Gasteiger partial charge is 0.303 e. The van der Waals surface area contributed by atoms with Crippen molar-refractivity contribution in [1.82, 2.24) is 0 Å². The Kier molecular flexibility index (Phi) is 3.93. The van der Waals surface area contributed by atoms with Gasteiger partial charge in [0.1, 0.15) is 0 Å². The third-order valence-corrected chi connectivity index (χ3v) is 3.44. The van der Waals surface area contributed by atoms with Crippen molar-refractivity contribution in [2.24, 2.45) is 0 Å². The summed E-state index contributed by atoms with van der Waals surface area (Å²) in [6, 6.07) is 6.17. The zero-order chi connectivity index (χ0) is 13.8. The average Bonchev–Trinajstić information content (AvgIpc) is 2.28. The summed E-state index contributed by atoms with van der Waals surface area (Å²) in [5, 5.41) is 7.87. The Hall–Kier alpha value is -1.62. The molecular weight excluding hydrogens is 240 g/mol. The Bertz CT molecular complexity index is 558. The minimum absolute atomic E-state index is 0.0270. The molecule has 0 aliphatic heterocycles. The summed E-state index contributed by atoms with van der Waals surface area (Å²) in [5.41, 5.74) is 0.926. The van der Waals surface area contributed by atoms with Crippen molar-refractivity contribution < 1.29 is 19.7 Å². The summed E-state index contributed by atoms with van der Waals surface area (Å²) >= 11 is 0. The van der Waals surface area contributed by atoms with Crippen LogP contribution in [-0.2, 0) is 14.6 Å². The quantitative estimate of drug-likeness (QED) is 0.875. The molecule has 4 nitrogen and oxygen atoms in total. The van der Waals surface area contributed by atoms with Crippen molar-refractivity contribution in [3.05, 3.63) is 41.3 Å². The van der Waals surface area contributed by atoms with Gasteiger partial charge in [-0.2, -0.15) is 0 Å². The Morgan fingerprint density at radius 1 is 1.41 bits per heavy atom.